The Kier molecular flexibility index (Phi) is 13.4. The third kappa shape index (κ3) is 10.7. The maximum absolute atomic E-state index is 11.4. The predicted octanol–water partition coefficient (Wildman–Crippen LogP) is 2.40. The maximum atomic E-state index is 11.4. The summed E-state index contributed by atoms with van der Waals surface area (Å²) in [5, 5.41) is 6.44. The van der Waals surface area contributed by atoms with E-state index in [1.54, 1.807) is 14.0 Å². The van der Waals surface area contributed by atoms with Crippen molar-refractivity contribution < 1.29 is 13.2 Å². The first-order valence-corrected chi connectivity index (χ1v) is 10.7. The Morgan fingerprint density at radius 3 is 2.56 bits per heavy atom. The zero-order valence-corrected chi connectivity index (χ0v) is 19.8. The fourth-order valence-corrected chi connectivity index (χ4v) is 2.84. The van der Waals surface area contributed by atoms with Crippen LogP contribution in [0.2, 0.25) is 0 Å². The molecule has 0 bridgehead atoms. The maximum Gasteiger partial charge on any atom is 0.211 e. The lowest BCUT2D eigenvalue weighted by molar-refractivity contribution is 0.313. The highest BCUT2D eigenvalue weighted by atomic mass is 127. The largest absolute Gasteiger partial charge is 0.493 e. The van der Waals surface area contributed by atoms with Gasteiger partial charge >= 0.3 is 0 Å². The van der Waals surface area contributed by atoms with Crippen LogP contribution in [0.1, 0.15) is 37.8 Å². The van der Waals surface area contributed by atoms with E-state index in [4.69, 9.17) is 4.74 Å². The summed E-state index contributed by atoms with van der Waals surface area (Å²) in [5.41, 5.74) is 2.24. The van der Waals surface area contributed by atoms with Gasteiger partial charge in [0.1, 0.15) is 5.75 Å². The Balaban J connectivity index is 0.00000676. The van der Waals surface area contributed by atoms with Gasteiger partial charge in [-0.1, -0.05) is 19.1 Å². The van der Waals surface area contributed by atoms with Crippen LogP contribution in [0.4, 0.5) is 0 Å². The molecule has 1 aromatic rings. The number of halogens is 1. The summed E-state index contributed by atoms with van der Waals surface area (Å²) in [6, 6.07) is 6.16. The highest BCUT2D eigenvalue weighted by Crippen LogP contribution is 2.20. The average Bonchev–Trinajstić information content (AvgIpc) is 2.63. The molecule has 0 unspecified atom stereocenters. The molecule has 3 N–H and O–H groups in total. The van der Waals surface area contributed by atoms with Gasteiger partial charge in [0, 0.05) is 32.2 Å². The number of guanidine groups is 1. The Labute approximate surface area is 180 Å². The second kappa shape index (κ2) is 14.0. The molecule has 0 aliphatic carbocycles. The Morgan fingerprint density at radius 1 is 1.19 bits per heavy atom. The zero-order valence-electron chi connectivity index (χ0n) is 16.7. The topological polar surface area (TPSA) is 91.8 Å². The number of ether oxygens (including phenoxy) is 1. The Morgan fingerprint density at radius 2 is 1.93 bits per heavy atom. The van der Waals surface area contributed by atoms with Crippen LogP contribution in [0.3, 0.4) is 0 Å². The lowest BCUT2D eigenvalue weighted by Gasteiger charge is -2.15. The SMILES string of the molecule is CCCOc1cc(C)ccc1CNC(=NC)NCCCNS(=O)(=O)CC.I. The molecule has 0 saturated heterocycles. The van der Waals surface area contributed by atoms with E-state index in [0.29, 0.717) is 38.6 Å². The molecule has 9 heteroatoms. The monoisotopic (exact) mass is 512 g/mol. The number of sulfonamides is 1. The van der Waals surface area contributed by atoms with Crippen LogP contribution in [-0.2, 0) is 16.6 Å². The molecular formula is C18H33IN4O3S. The summed E-state index contributed by atoms with van der Waals surface area (Å²) < 4.78 is 31.1. The van der Waals surface area contributed by atoms with Crippen LogP contribution in [0, 0.1) is 6.92 Å². The van der Waals surface area contributed by atoms with Crippen LogP contribution in [0.15, 0.2) is 23.2 Å². The van der Waals surface area contributed by atoms with E-state index < -0.39 is 10.0 Å². The van der Waals surface area contributed by atoms with Crippen LogP contribution in [0.5, 0.6) is 5.75 Å². The van der Waals surface area contributed by atoms with Crippen molar-refractivity contribution in [2.45, 2.75) is 40.2 Å². The van der Waals surface area contributed by atoms with Crippen LogP contribution >= 0.6 is 24.0 Å². The van der Waals surface area contributed by atoms with Crippen LogP contribution in [-0.4, -0.2) is 46.9 Å². The van der Waals surface area contributed by atoms with Crippen LogP contribution < -0.4 is 20.1 Å². The molecule has 0 spiro atoms. The van der Waals surface area contributed by atoms with E-state index in [1.807, 2.05) is 13.0 Å². The summed E-state index contributed by atoms with van der Waals surface area (Å²) >= 11 is 0. The minimum absolute atomic E-state index is 0. The van der Waals surface area contributed by atoms with E-state index in [2.05, 4.69) is 39.4 Å². The molecule has 0 aliphatic rings. The number of hydrogen-bond acceptors (Lipinski definition) is 4. The molecule has 0 saturated carbocycles. The van der Waals surface area contributed by atoms with E-state index >= 15 is 0 Å². The number of aliphatic imine (C=N–C) groups is 1. The average molecular weight is 512 g/mol. The van der Waals surface area contributed by atoms with Gasteiger partial charge in [-0.15, -0.1) is 24.0 Å². The fourth-order valence-electron chi connectivity index (χ4n) is 2.18. The minimum Gasteiger partial charge on any atom is -0.493 e. The first kappa shape index (κ1) is 25.9. The van der Waals surface area contributed by atoms with Gasteiger partial charge in [-0.2, -0.15) is 0 Å². The molecule has 7 nitrogen and oxygen atoms in total. The van der Waals surface area contributed by atoms with E-state index in [0.717, 1.165) is 23.3 Å². The Bertz CT molecular complexity index is 681. The van der Waals surface area contributed by atoms with Crippen molar-refractivity contribution in [1.82, 2.24) is 15.4 Å². The summed E-state index contributed by atoms with van der Waals surface area (Å²) in [6.07, 6.45) is 1.64. The summed E-state index contributed by atoms with van der Waals surface area (Å²) in [5.74, 6) is 1.66. The number of hydrogen-bond donors (Lipinski definition) is 3. The van der Waals surface area contributed by atoms with Gasteiger partial charge < -0.3 is 15.4 Å². The van der Waals surface area contributed by atoms with Crippen molar-refractivity contribution >= 4 is 40.0 Å². The first-order valence-electron chi connectivity index (χ1n) is 9.06. The molecule has 1 aromatic carbocycles. The third-order valence-corrected chi connectivity index (χ3v) is 5.11. The molecular weight excluding hydrogens is 479 g/mol. The normalized spacial score (nSPS) is 11.6. The molecule has 1 rings (SSSR count). The molecule has 0 amide bonds. The summed E-state index contributed by atoms with van der Waals surface area (Å²) in [7, 11) is -1.42. The first-order chi connectivity index (χ1) is 12.4. The molecule has 0 radical (unpaired) electrons. The van der Waals surface area contributed by atoms with Crippen molar-refractivity contribution in [1.29, 1.82) is 0 Å². The molecule has 0 aliphatic heterocycles. The number of benzene rings is 1. The summed E-state index contributed by atoms with van der Waals surface area (Å²) in [4.78, 5) is 4.19. The second-order valence-electron chi connectivity index (χ2n) is 5.96. The lowest BCUT2D eigenvalue weighted by Crippen LogP contribution is -2.38. The van der Waals surface area contributed by atoms with E-state index in [1.165, 1.54) is 0 Å². The standard InChI is InChI=1S/C18H32N4O3S.HI/c1-5-12-25-17-13-15(3)8-9-16(17)14-21-18(19-4)20-10-7-11-22-26(23,24)6-2;/h8-9,13,22H,5-7,10-12,14H2,1-4H3,(H2,19,20,21);1H. The number of nitrogens with zero attached hydrogens (tertiary/aromatic N) is 1. The van der Waals surface area contributed by atoms with Crippen molar-refractivity contribution in [2.24, 2.45) is 4.99 Å². The van der Waals surface area contributed by atoms with E-state index in [9.17, 15) is 8.42 Å². The third-order valence-electron chi connectivity index (χ3n) is 3.70. The quantitative estimate of drug-likeness (QED) is 0.183. The molecule has 0 aromatic heterocycles. The van der Waals surface area contributed by atoms with Gasteiger partial charge in [0.05, 0.1) is 12.4 Å². The number of aryl methyl sites for hydroxylation is 1. The fraction of sp³-hybridized carbons (Fsp3) is 0.611. The van der Waals surface area contributed by atoms with Crippen molar-refractivity contribution in [3.05, 3.63) is 29.3 Å². The van der Waals surface area contributed by atoms with Gasteiger partial charge in [0.2, 0.25) is 10.0 Å². The summed E-state index contributed by atoms with van der Waals surface area (Å²) in [6.45, 7) is 8.07. The predicted molar refractivity (Wildman–Crippen MR) is 123 cm³/mol. The second-order valence-corrected chi connectivity index (χ2v) is 8.06. The van der Waals surface area contributed by atoms with Gasteiger partial charge in [0.15, 0.2) is 5.96 Å². The van der Waals surface area contributed by atoms with Gasteiger partial charge in [0.25, 0.3) is 0 Å². The highest BCUT2D eigenvalue weighted by molar-refractivity contribution is 14.0. The van der Waals surface area contributed by atoms with Crippen molar-refractivity contribution in [3.8, 4) is 5.75 Å². The van der Waals surface area contributed by atoms with E-state index in [-0.39, 0.29) is 29.7 Å². The smallest absolute Gasteiger partial charge is 0.211 e. The minimum atomic E-state index is -3.13. The lowest BCUT2D eigenvalue weighted by atomic mass is 10.1. The van der Waals surface area contributed by atoms with Crippen molar-refractivity contribution in [2.75, 3.05) is 32.5 Å². The highest BCUT2D eigenvalue weighted by Gasteiger charge is 2.07. The molecule has 0 fully saturated rings. The zero-order chi connectivity index (χ0) is 19.4. The number of rotatable bonds is 11. The van der Waals surface area contributed by atoms with Crippen LogP contribution in [0.25, 0.3) is 0 Å². The van der Waals surface area contributed by atoms with Gasteiger partial charge in [-0.3, -0.25) is 4.99 Å². The number of nitrogens with one attached hydrogen (secondary N) is 3. The molecule has 0 heterocycles. The Hall–Kier alpha value is -1.07. The van der Waals surface area contributed by atoms with Crippen molar-refractivity contribution in [3.63, 3.8) is 0 Å². The molecule has 0 atom stereocenters. The van der Waals surface area contributed by atoms with Gasteiger partial charge in [-0.05, 0) is 38.3 Å². The van der Waals surface area contributed by atoms with Gasteiger partial charge in [-0.25, -0.2) is 13.1 Å². The molecule has 156 valence electrons. The molecule has 27 heavy (non-hydrogen) atoms.